The molecule has 0 atom stereocenters. The third-order valence-corrected chi connectivity index (χ3v) is 3.37. The number of nitrogens with one attached hydrogen (secondary N) is 2. The molecule has 1 rings (SSSR count). The first kappa shape index (κ1) is 14.9. The Morgan fingerprint density at radius 2 is 1.88 bits per heavy atom. The van der Waals surface area contributed by atoms with Crippen LogP contribution in [0.3, 0.4) is 0 Å². The summed E-state index contributed by atoms with van der Waals surface area (Å²) in [5.41, 5.74) is 5.75. The van der Waals surface area contributed by atoms with Gasteiger partial charge in [0.15, 0.2) is 0 Å². The topological polar surface area (TPSA) is 96.0 Å². The normalized spacial score (nSPS) is 10.6. The van der Waals surface area contributed by atoms with Crippen molar-refractivity contribution in [3.05, 3.63) is 29.8 Å². The maximum atomic E-state index is 11.5. The lowest BCUT2D eigenvalue weighted by Crippen LogP contribution is -2.23. The summed E-state index contributed by atoms with van der Waals surface area (Å²) in [5.74, 6) is -0.0811. The van der Waals surface area contributed by atoms with E-state index >= 15 is 0 Å². The van der Waals surface area contributed by atoms with Crippen molar-refractivity contribution in [2.45, 2.75) is 11.8 Å². The van der Waals surface area contributed by atoms with Crippen molar-refractivity contribution < 1.29 is 8.42 Å². The first-order valence-electron chi connectivity index (χ1n) is 4.41. The van der Waals surface area contributed by atoms with Crippen LogP contribution in [0.1, 0.15) is 12.5 Å². The van der Waals surface area contributed by atoms with Crippen LogP contribution in [0, 0.1) is 5.41 Å². The summed E-state index contributed by atoms with van der Waals surface area (Å²) in [6, 6.07) is 5.86. The summed E-state index contributed by atoms with van der Waals surface area (Å²) >= 11 is 0. The molecule has 1 aromatic carbocycles. The Bertz CT molecular complexity index is 456. The van der Waals surface area contributed by atoms with Crippen molar-refractivity contribution in [3.8, 4) is 0 Å². The molecule has 16 heavy (non-hydrogen) atoms. The van der Waals surface area contributed by atoms with Crippen LogP contribution in [0.2, 0.25) is 0 Å². The Kier molecular flexibility index (Phi) is 5.43. The van der Waals surface area contributed by atoms with E-state index < -0.39 is 10.0 Å². The molecule has 5 nitrogen and oxygen atoms in total. The van der Waals surface area contributed by atoms with Gasteiger partial charge in [-0.3, -0.25) is 5.41 Å². The minimum atomic E-state index is -3.41. The van der Waals surface area contributed by atoms with E-state index in [0.29, 0.717) is 12.1 Å². The molecule has 90 valence electrons. The Morgan fingerprint density at radius 3 is 2.25 bits per heavy atom. The molecule has 0 saturated carbocycles. The van der Waals surface area contributed by atoms with Gasteiger partial charge in [0.25, 0.3) is 0 Å². The summed E-state index contributed by atoms with van der Waals surface area (Å²) in [4.78, 5) is 0.175. The number of rotatable bonds is 4. The Morgan fingerprint density at radius 1 is 1.38 bits per heavy atom. The third-order valence-electron chi connectivity index (χ3n) is 1.81. The van der Waals surface area contributed by atoms with Crippen LogP contribution in [-0.4, -0.2) is 20.8 Å². The van der Waals surface area contributed by atoms with Crippen LogP contribution < -0.4 is 10.5 Å². The second-order valence-electron chi connectivity index (χ2n) is 2.94. The van der Waals surface area contributed by atoms with E-state index in [9.17, 15) is 8.42 Å². The van der Waals surface area contributed by atoms with Gasteiger partial charge in [0.05, 0.1) is 4.90 Å². The molecule has 0 aliphatic carbocycles. The van der Waals surface area contributed by atoms with Crippen molar-refractivity contribution in [2.24, 2.45) is 5.73 Å². The second kappa shape index (κ2) is 5.83. The lowest BCUT2D eigenvalue weighted by atomic mass is 10.2. The Hall–Kier alpha value is -1.11. The highest BCUT2D eigenvalue weighted by atomic mass is 35.5. The molecule has 0 spiro atoms. The predicted molar refractivity (Wildman–Crippen MR) is 65.6 cm³/mol. The zero-order chi connectivity index (χ0) is 11.5. The molecule has 0 aliphatic rings. The largest absolute Gasteiger partial charge is 0.384 e. The smallest absolute Gasteiger partial charge is 0.240 e. The maximum Gasteiger partial charge on any atom is 0.240 e. The average Bonchev–Trinajstić information content (AvgIpc) is 2.18. The number of hydrogen-bond donors (Lipinski definition) is 3. The quantitative estimate of drug-likeness (QED) is 0.551. The number of nitrogen functional groups attached to an aromatic ring is 1. The van der Waals surface area contributed by atoms with Crippen LogP contribution in [0.25, 0.3) is 0 Å². The molecular formula is C9H14ClN3O2S. The molecule has 0 unspecified atom stereocenters. The van der Waals surface area contributed by atoms with Gasteiger partial charge in [0.2, 0.25) is 10.0 Å². The predicted octanol–water partition coefficient (Wildman–Crippen LogP) is 0.691. The molecule has 0 fully saturated rings. The van der Waals surface area contributed by atoms with Gasteiger partial charge in [0.1, 0.15) is 5.84 Å². The van der Waals surface area contributed by atoms with Crippen molar-refractivity contribution in [2.75, 3.05) is 6.54 Å². The molecule has 0 aromatic heterocycles. The van der Waals surface area contributed by atoms with E-state index in [1.807, 2.05) is 0 Å². The number of benzene rings is 1. The molecule has 0 saturated heterocycles. The van der Waals surface area contributed by atoms with Crippen molar-refractivity contribution in [1.82, 2.24) is 4.72 Å². The standard InChI is InChI=1S/C9H13N3O2S.ClH/c1-2-12-15(13,14)8-5-3-7(4-6-8)9(10)11;/h3-6,12H,2H2,1H3,(H3,10,11);1H. The Balaban J connectivity index is 0.00000225. The van der Waals surface area contributed by atoms with E-state index in [1.54, 1.807) is 6.92 Å². The number of amidine groups is 1. The van der Waals surface area contributed by atoms with Gasteiger partial charge < -0.3 is 5.73 Å². The van der Waals surface area contributed by atoms with Crippen LogP contribution in [0.15, 0.2) is 29.2 Å². The first-order chi connectivity index (χ1) is 6.97. The van der Waals surface area contributed by atoms with Crippen molar-refractivity contribution >= 4 is 28.3 Å². The zero-order valence-corrected chi connectivity index (χ0v) is 10.4. The fraction of sp³-hybridized carbons (Fsp3) is 0.222. The Labute approximate surface area is 101 Å². The second-order valence-corrected chi connectivity index (χ2v) is 4.71. The molecule has 0 heterocycles. The van der Waals surface area contributed by atoms with Crippen LogP contribution >= 0.6 is 12.4 Å². The van der Waals surface area contributed by atoms with Crippen LogP contribution in [0.4, 0.5) is 0 Å². The summed E-state index contributed by atoms with van der Waals surface area (Å²) in [7, 11) is -3.41. The van der Waals surface area contributed by atoms with Gasteiger partial charge in [-0.2, -0.15) is 0 Å². The van der Waals surface area contributed by atoms with E-state index in [1.165, 1.54) is 24.3 Å². The summed E-state index contributed by atoms with van der Waals surface area (Å²) in [6.45, 7) is 2.05. The summed E-state index contributed by atoms with van der Waals surface area (Å²) in [6.07, 6.45) is 0. The van der Waals surface area contributed by atoms with Crippen LogP contribution in [-0.2, 0) is 10.0 Å². The molecule has 0 aliphatic heterocycles. The van der Waals surface area contributed by atoms with Gasteiger partial charge in [-0.25, -0.2) is 13.1 Å². The number of halogens is 1. The lowest BCUT2D eigenvalue weighted by Gasteiger charge is -2.04. The highest BCUT2D eigenvalue weighted by Gasteiger charge is 2.11. The van der Waals surface area contributed by atoms with E-state index in [-0.39, 0.29) is 23.1 Å². The fourth-order valence-corrected chi connectivity index (χ4v) is 2.13. The average molecular weight is 264 g/mol. The maximum absolute atomic E-state index is 11.5. The monoisotopic (exact) mass is 263 g/mol. The number of nitrogens with two attached hydrogens (primary N) is 1. The SMILES string of the molecule is CCNS(=O)(=O)c1ccc(C(=N)N)cc1.Cl. The van der Waals surface area contributed by atoms with E-state index in [0.717, 1.165) is 0 Å². The molecule has 0 radical (unpaired) electrons. The molecule has 0 amide bonds. The minimum absolute atomic E-state index is 0. The summed E-state index contributed by atoms with van der Waals surface area (Å²) < 4.78 is 25.4. The summed E-state index contributed by atoms with van der Waals surface area (Å²) in [5, 5.41) is 7.16. The van der Waals surface area contributed by atoms with Gasteiger partial charge in [-0.05, 0) is 24.3 Å². The van der Waals surface area contributed by atoms with Crippen LogP contribution in [0.5, 0.6) is 0 Å². The molecule has 0 bridgehead atoms. The van der Waals surface area contributed by atoms with Crippen molar-refractivity contribution in [3.63, 3.8) is 0 Å². The fourth-order valence-electron chi connectivity index (χ4n) is 1.09. The van der Waals surface area contributed by atoms with Crippen molar-refractivity contribution in [1.29, 1.82) is 5.41 Å². The number of sulfonamides is 1. The highest BCUT2D eigenvalue weighted by Crippen LogP contribution is 2.09. The zero-order valence-electron chi connectivity index (χ0n) is 8.73. The minimum Gasteiger partial charge on any atom is -0.384 e. The molecule has 7 heteroatoms. The first-order valence-corrected chi connectivity index (χ1v) is 5.90. The number of hydrogen-bond acceptors (Lipinski definition) is 3. The van der Waals surface area contributed by atoms with E-state index in [4.69, 9.17) is 11.1 Å². The van der Waals surface area contributed by atoms with Gasteiger partial charge in [-0.1, -0.05) is 6.92 Å². The molecular weight excluding hydrogens is 250 g/mol. The lowest BCUT2D eigenvalue weighted by molar-refractivity contribution is 0.584. The highest BCUT2D eigenvalue weighted by molar-refractivity contribution is 7.89. The van der Waals surface area contributed by atoms with E-state index in [2.05, 4.69) is 4.72 Å². The molecule has 4 N–H and O–H groups in total. The van der Waals surface area contributed by atoms with Gasteiger partial charge in [-0.15, -0.1) is 12.4 Å². The van der Waals surface area contributed by atoms with Gasteiger partial charge in [0, 0.05) is 12.1 Å². The third kappa shape index (κ3) is 3.48. The molecule has 1 aromatic rings. The van der Waals surface area contributed by atoms with Gasteiger partial charge >= 0.3 is 0 Å².